The number of halogens is 1. The van der Waals surface area contributed by atoms with Crippen molar-refractivity contribution < 1.29 is 0 Å². The molecule has 3 heteroatoms. The van der Waals surface area contributed by atoms with Gasteiger partial charge in [0.2, 0.25) is 0 Å². The predicted octanol–water partition coefficient (Wildman–Crippen LogP) is 2.54. The highest BCUT2D eigenvalue weighted by Gasteiger charge is 2.04. The second-order valence-electron chi connectivity index (χ2n) is 2.87. The summed E-state index contributed by atoms with van der Waals surface area (Å²) in [7, 11) is 1.93. The fraction of sp³-hybridized carbons (Fsp3) is 0.222. The van der Waals surface area contributed by atoms with Gasteiger partial charge in [0.05, 0.1) is 11.7 Å². The van der Waals surface area contributed by atoms with Crippen LogP contribution in [0.5, 0.6) is 0 Å². The van der Waals surface area contributed by atoms with Gasteiger partial charge in [-0.25, -0.2) is 0 Å². The number of aryl methyl sites for hydroxylation is 2. The van der Waals surface area contributed by atoms with E-state index in [1.54, 1.807) is 0 Å². The zero-order chi connectivity index (χ0) is 8.72. The Bertz CT molecular complexity index is 431. The number of fused-ring (bicyclic) bond motifs is 1. The number of nitrogens with zero attached hydrogens (tertiary/aromatic N) is 2. The summed E-state index contributed by atoms with van der Waals surface area (Å²) in [5, 5.41) is 6.09. The van der Waals surface area contributed by atoms with E-state index < -0.39 is 0 Å². The van der Waals surface area contributed by atoms with Crippen molar-refractivity contribution in [1.29, 1.82) is 0 Å². The van der Waals surface area contributed by atoms with Crippen LogP contribution >= 0.6 is 11.6 Å². The summed E-state index contributed by atoms with van der Waals surface area (Å²) >= 11 is 5.96. The molecule has 0 saturated heterocycles. The number of hydrogen-bond acceptors (Lipinski definition) is 1. The van der Waals surface area contributed by atoms with E-state index in [0.29, 0.717) is 0 Å². The molecule has 0 saturated carbocycles. The molecule has 0 atom stereocenters. The van der Waals surface area contributed by atoms with Gasteiger partial charge in [-0.05, 0) is 24.6 Å². The third-order valence-corrected chi connectivity index (χ3v) is 2.54. The molecule has 1 heterocycles. The summed E-state index contributed by atoms with van der Waals surface area (Å²) in [6.07, 6.45) is 1.84. The van der Waals surface area contributed by atoms with Crippen molar-refractivity contribution in [2.45, 2.75) is 6.92 Å². The molecule has 1 aromatic heterocycles. The standard InChI is InChI=1S/C9H9ClN2/c1-6-7-5-11-12(2)9(7)4-3-8(6)10/h3-5H,1-2H3. The van der Waals surface area contributed by atoms with Crippen LogP contribution in [0.1, 0.15) is 5.56 Å². The van der Waals surface area contributed by atoms with Gasteiger partial charge in [-0.1, -0.05) is 11.6 Å². The topological polar surface area (TPSA) is 17.8 Å². The molecule has 0 bridgehead atoms. The van der Waals surface area contributed by atoms with Crippen molar-refractivity contribution in [3.63, 3.8) is 0 Å². The third kappa shape index (κ3) is 0.916. The summed E-state index contributed by atoms with van der Waals surface area (Å²) < 4.78 is 1.85. The molecule has 0 fully saturated rings. The van der Waals surface area contributed by atoms with Crippen LogP contribution < -0.4 is 0 Å². The second kappa shape index (κ2) is 2.49. The normalized spacial score (nSPS) is 10.9. The largest absolute Gasteiger partial charge is 0.268 e. The van der Waals surface area contributed by atoms with Crippen molar-refractivity contribution >= 4 is 22.5 Å². The van der Waals surface area contributed by atoms with Crippen molar-refractivity contribution in [1.82, 2.24) is 9.78 Å². The zero-order valence-corrected chi connectivity index (χ0v) is 7.76. The molecule has 0 aliphatic rings. The van der Waals surface area contributed by atoms with Crippen molar-refractivity contribution in [2.24, 2.45) is 7.05 Å². The Kier molecular flexibility index (Phi) is 1.58. The Balaban J connectivity index is 2.93. The summed E-state index contributed by atoms with van der Waals surface area (Å²) in [5.41, 5.74) is 2.22. The summed E-state index contributed by atoms with van der Waals surface area (Å²) in [5.74, 6) is 0. The van der Waals surface area contributed by atoms with Crippen LogP contribution in [0.3, 0.4) is 0 Å². The molecule has 2 nitrogen and oxygen atoms in total. The molecule has 2 rings (SSSR count). The maximum absolute atomic E-state index is 5.96. The maximum Gasteiger partial charge on any atom is 0.0682 e. The van der Waals surface area contributed by atoms with Crippen molar-refractivity contribution in [3.05, 3.63) is 28.9 Å². The summed E-state index contributed by atoms with van der Waals surface area (Å²) in [4.78, 5) is 0. The van der Waals surface area contributed by atoms with Crippen LogP contribution in [-0.2, 0) is 7.05 Å². The Morgan fingerprint density at radius 1 is 1.42 bits per heavy atom. The molecule has 1 aromatic carbocycles. The fourth-order valence-corrected chi connectivity index (χ4v) is 1.50. The van der Waals surface area contributed by atoms with E-state index in [9.17, 15) is 0 Å². The van der Waals surface area contributed by atoms with Gasteiger partial charge in [-0.15, -0.1) is 0 Å². The first kappa shape index (κ1) is 7.62. The average molecular weight is 181 g/mol. The van der Waals surface area contributed by atoms with Gasteiger partial charge >= 0.3 is 0 Å². The molecule has 0 aliphatic heterocycles. The van der Waals surface area contributed by atoms with Crippen molar-refractivity contribution in [2.75, 3.05) is 0 Å². The lowest BCUT2D eigenvalue weighted by Gasteiger charge is -1.99. The van der Waals surface area contributed by atoms with Gasteiger partial charge in [0.15, 0.2) is 0 Å². The molecule has 0 spiro atoms. The monoisotopic (exact) mass is 180 g/mol. The zero-order valence-electron chi connectivity index (χ0n) is 7.00. The highest BCUT2D eigenvalue weighted by molar-refractivity contribution is 6.32. The molecular formula is C9H9ClN2. The minimum Gasteiger partial charge on any atom is -0.268 e. The van der Waals surface area contributed by atoms with E-state index in [2.05, 4.69) is 5.10 Å². The first-order chi connectivity index (χ1) is 5.70. The Morgan fingerprint density at radius 3 is 2.92 bits per heavy atom. The van der Waals surface area contributed by atoms with Crippen LogP contribution in [0, 0.1) is 6.92 Å². The molecule has 12 heavy (non-hydrogen) atoms. The van der Waals surface area contributed by atoms with Crippen LogP contribution in [-0.4, -0.2) is 9.78 Å². The van der Waals surface area contributed by atoms with E-state index in [0.717, 1.165) is 21.5 Å². The first-order valence-corrected chi connectivity index (χ1v) is 4.15. The van der Waals surface area contributed by atoms with E-state index in [1.165, 1.54) is 0 Å². The quantitative estimate of drug-likeness (QED) is 0.609. The molecule has 0 N–H and O–H groups in total. The van der Waals surface area contributed by atoms with Crippen LogP contribution in [0.15, 0.2) is 18.3 Å². The Labute approximate surface area is 75.8 Å². The van der Waals surface area contributed by atoms with Crippen LogP contribution in [0.4, 0.5) is 0 Å². The van der Waals surface area contributed by atoms with Gasteiger partial charge in [-0.3, -0.25) is 4.68 Å². The van der Waals surface area contributed by atoms with Gasteiger partial charge in [0, 0.05) is 17.5 Å². The second-order valence-corrected chi connectivity index (χ2v) is 3.28. The van der Waals surface area contributed by atoms with Gasteiger partial charge in [-0.2, -0.15) is 5.10 Å². The van der Waals surface area contributed by atoms with Crippen LogP contribution in [0.2, 0.25) is 5.02 Å². The minimum absolute atomic E-state index is 0.801. The van der Waals surface area contributed by atoms with Crippen molar-refractivity contribution in [3.8, 4) is 0 Å². The number of rotatable bonds is 0. The number of benzene rings is 1. The highest BCUT2D eigenvalue weighted by Crippen LogP contribution is 2.24. The maximum atomic E-state index is 5.96. The van der Waals surface area contributed by atoms with E-state index in [-0.39, 0.29) is 0 Å². The number of hydrogen-bond donors (Lipinski definition) is 0. The highest BCUT2D eigenvalue weighted by atomic mass is 35.5. The van der Waals surface area contributed by atoms with Gasteiger partial charge < -0.3 is 0 Å². The SMILES string of the molecule is Cc1c(Cl)ccc2c1cnn2C. The van der Waals surface area contributed by atoms with E-state index in [4.69, 9.17) is 11.6 Å². The predicted molar refractivity (Wildman–Crippen MR) is 50.5 cm³/mol. The van der Waals surface area contributed by atoms with Gasteiger partial charge in [0.25, 0.3) is 0 Å². The minimum atomic E-state index is 0.801. The smallest absolute Gasteiger partial charge is 0.0682 e. The molecule has 0 unspecified atom stereocenters. The molecule has 0 aliphatic carbocycles. The lowest BCUT2D eigenvalue weighted by molar-refractivity contribution is 0.797. The molecule has 2 aromatic rings. The Morgan fingerprint density at radius 2 is 2.17 bits per heavy atom. The summed E-state index contributed by atoms with van der Waals surface area (Å²) in [6.45, 7) is 2.01. The average Bonchev–Trinajstić information content (AvgIpc) is 2.41. The van der Waals surface area contributed by atoms with Gasteiger partial charge in [0.1, 0.15) is 0 Å². The summed E-state index contributed by atoms with van der Waals surface area (Å²) in [6, 6.07) is 3.89. The Hall–Kier alpha value is -1.02. The molecule has 0 amide bonds. The first-order valence-electron chi connectivity index (χ1n) is 3.77. The fourth-order valence-electron chi connectivity index (χ4n) is 1.34. The number of aromatic nitrogens is 2. The lowest BCUT2D eigenvalue weighted by atomic mass is 10.1. The third-order valence-electron chi connectivity index (χ3n) is 2.13. The van der Waals surface area contributed by atoms with Crippen LogP contribution in [0.25, 0.3) is 10.9 Å². The lowest BCUT2D eigenvalue weighted by Crippen LogP contribution is -1.88. The van der Waals surface area contributed by atoms with E-state index >= 15 is 0 Å². The molecule has 62 valence electrons. The molecular weight excluding hydrogens is 172 g/mol. The molecule has 0 radical (unpaired) electrons. The van der Waals surface area contributed by atoms with E-state index in [1.807, 2.05) is 37.0 Å².